The standard InChI is InChI=1S/C34H42N6O6/c1-20-10-13-40(32(20)21(2)41)31(42)18-37-34(44)46-30-15-22-14-26(22)25(30)6-4-3-5-7-28-33(43)39-29-16-24(8-9-27(29)38-28)45-19-23-17-35-11-12-36-23/h8-9,11-12,16-17,20,22,25-26,30,32H,3-7,10,13-15,18-19H2,1-2H3,(H,37,44)(H,39,43). The van der Waals surface area contributed by atoms with E-state index in [9.17, 15) is 19.2 Å². The summed E-state index contributed by atoms with van der Waals surface area (Å²) in [5.74, 6) is 2.00. The number of ether oxygens (including phenoxy) is 2. The van der Waals surface area contributed by atoms with E-state index in [1.807, 2.05) is 19.1 Å². The van der Waals surface area contributed by atoms with Crippen molar-refractivity contribution in [1.82, 2.24) is 30.2 Å². The van der Waals surface area contributed by atoms with Crippen LogP contribution in [-0.4, -0.2) is 67.9 Å². The summed E-state index contributed by atoms with van der Waals surface area (Å²) >= 11 is 0. The van der Waals surface area contributed by atoms with Gasteiger partial charge in [0.1, 0.15) is 30.7 Å². The van der Waals surface area contributed by atoms with E-state index < -0.39 is 12.1 Å². The van der Waals surface area contributed by atoms with E-state index in [4.69, 9.17) is 9.47 Å². The molecule has 1 saturated heterocycles. The molecule has 0 spiro atoms. The molecule has 3 aromatic rings. The predicted molar refractivity (Wildman–Crippen MR) is 169 cm³/mol. The number of Topliss-reactive ketones (excluding diaryl/α,β-unsaturated/α-hetero) is 1. The van der Waals surface area contributed by atoms with E-state index in [1.165, 1.54) is 13.3 Å². The Labute approximate surface area is 267 Å². The van der Waals surface area contributed by atoms with Crippen molar-refractivity contribution in [1.29, 1.82) is 0 Å². The Hall–Kier alpha value is -4.35. The number of carbonyl (C=O) groups excluding carboxylic acids is 3. The molecule has 2 aromatic heterocycles. The average molecular weight is 631 g/mol. The van der Waals surface area contributed by atoms with Gasteiger partial charge >= 0.3 is 6.09 Å². The number of hydrogen-bond donors (Lipinski definition) is 2. The third kappa shape index (κ3) is 7.37. The molecule has 6 atom stereocenters. The van der Waals surface area contributed by atoms with Gasteiger partial charge in [0.15, 0.2) is 5.78 Å². The number of fused-ring (bicyclic) bond motifs is 2. The van der Waals surface area contributed by atoms with E-state index >= 15 is 0 Å². The fourth-order valence-corrected chi connectivity index (χ4v) is 7.40. The highest BCUT2D eigenvalue weighted by atomic mass is 16.6. The Kier molecular flexibility index (Phi) is 9.60. The molecule has 12 nitrogen and oxygen atoms in total. The van der Waals surface area contributed by atoms with Crippen molar-refractivity contribution in [3.05, 3.63) is 58.5 Å². The zero-order valence-corrected chi connectivity index (χ0v) is 26.4. The lowest BCUT2D eigenvalue weighted by atomic mass is 9.93. The van der Waals surface area contributed by atoms with Gasteiger partial charge in [-0.2, -0.15) is 0 Å². The van der Waals surface area contributed by atoms with Crippen molar-refractivity contribution in [3.63, 3.8) is 0 Å². The van der Waals surface area contributed by atoms with Crippen LogP contribution in [-0.2, 0) is 27.4 Å². The van der Waals surface area contributed by atoms with Crippen molar-refractivity contribution < 1.29 is 23.9 Å². The molecule has 3 fully saturated rings. The van der Waals surface area contributed by atoms with Gasteiger partial charge in [-0.25, -0.2) is 9.78 Å². The van der Waals surface area contributed by atoms with Crippen LogP contribution >= 0.6 is 0 Å². The predicted octanol–water partition coefficient (Wildman–Crippen LogP) is 3.97. The van der Waals surface area contributed by atoms with Crippen molar-refractivity contribution in [2.24, 2.45) is 23.7 Å². The number of amides is 2. The minimum absolute atomic E-state index is 0.0229. The first-order valence-electron chi connectivity index (χ1n) is 16.4. The SMILES string of the molecule is CC(=O)C1C(C)CCN1C(=O)CNC(=O)OC1CC2CC2C1CCCCCc1nc2ccc(OCc3cnccn3)cc2[nH]c1=O. The highest BCUT2D eigenvalue weighted by molar-refractivity contribution is 5.90. The lowest BCUT2D eigenvalue weighted by Gasteiger charge is -2.26. The molecular formula is C34H42N6O6. The number of likely N-dealkylation sites (tertiary alicyclic amines) is 1. The molecule has 6 rings (SSSR count). The molecule has 2 N–H and O–H groups in total. The van der Waals surface area contributed by atoms with Crippen LogP contribution in [0.4, 0.5) is 4.79 Å². The summed E-state index contributed by atoms with van der Waals surface area (Å²) in [6, 6.07) is 5.02. The average Bonchev–Trinajstić information content (AvgIpc) is 3.56. The normalized spacial score (nSPS) is 24.9. The van der Waals surface area contributed by atoms with Crippen LogP contribution in [0.2, 0.25) is 0 Å². The molecule has 3 aliphatic rings. The van der Waals surface area contributed by atoms with E-state index in [1.54, 1.807) is 29.6 Å². The molecule has 244 valence electrons. The number of rotatable bonds is 13. The van der Waals surface area contributed by atoms with Gasteiger partial charge in [0.25, 0.3) is 5.56 Å². The van der Waals surface area contributed by atoms with Crippen LogP contribution in [0.1, 0.15) is 70.2 Å². The van der Waals surface area contributed by atoms with Crippen LogP contribution in [0.15, 0.2) is 41.6 Å². The van der Waals surface area contributed by atoms with Crippen LogP contribution in [0.5, 0.6) is 5.75 Å². The maximum Gasteiger partial charge on any atom is 0.407 e. The molecular weight excluding hydrogens is 588 g/mol. The number of aromatic nitrogens is 4. The van der Waals surface area contributed by atoms with Crippen LogP contribution in [0, 0.1) is 23.7 Å². The highest BCUT2D eigenvalue weighted by Crippen LogP contribution is 2.57. The second-order valence-corrected chi connectivity index (χ2v) is 13.0. The maximum absolute atomic E-state index is 12.8. The molecule has 1 aromatic carbocycles. The molecule has 0 bridgehead atoms. The Balaban J connectivity index is 0.930. The smallest absolute Gasteiger partial charge is 0.407 e. The molecule has 6 unspecified atom stereocenters. The van der Waals surface area contributed by atoms with Crippen molar-refractivity contribution in [3.8, 4) is 5.75 Å². The summed E-state index contributed by atoms with van der Waals surface area (Å²) in [6.45, 7) is 4.13. The third-order valence-electron chi connectivity index (χ3n) is 9.81. The van der Waals surface area contributed by atoms with Crippen LogP contribution < -0.4 is 15.6 Å². The van der Waals surface area contributed by atoms with Gasteiger partial charge in [-0.05, 0) is 81.3 Å². The number of aryl methyl sites for hydroxylation is 1. The Morgan fingerprint density at radius 2 is 2.00 bits per heavy atom. The van der Waals surface area contributed by atoms with Gasteiger partial charge < -0.3 is 24.7 Å². The molecule has 0 radical (unpaired) electrons. The fraction of sp³-hybridized carbons (Fsp3) is 0.559. The summed E-state index contributed by atoms with van der Waals surface area (Å²) in [7, 11) is 0. The van der Waals surface area contributed by atoms with E-state index in [0.29, 0.717) is 58.9 Å². The molecule has 2 saturated carbocycles. The minimum Gasteiger partial charge on any atom is -0.487 e. The third-order valence-corrected chi connectivity index (χ3v) is 9.81. The van der Waals surface area contributed by atoms with Gasteiger partial charge in [0.2, 0.25) is 5.91 Å². The number of hydrogen-bond acceptors (Lipinski definition) is 9. The van der Waals surface area contributed by atoms with E-state index in [0.717, 1.165) is 38.5 Å². The summed E-state index contributed by atoms with van der Waals surface area (Å²) in [4.78, 5) is 67.4. The fourth-order valence-electron chi connectivity index (χ4n) is 7.40. The number of nitrogens with one attached hydrogen (secondary N) is 2. The van der Waals surface area contributed by atoms with Gasteiger partial charge in [0.05, 0.1) is 29.0 Å². The van der Waals surface area contributed by atoms with Gasteiger partial charge in [-0.3, -0.25) is 24.4 Å². The van der Waals surface area contributed by atoms with Gasteiger partial charge in [0, 0.05) is 25.0 Å². The number of carbonyl (C=O) groups is 3. The Morgan fingerprint density at radius 3 is 2.80 bits per heavy atom. The quantitative estimate of drug-likeness (QED) is 0.267. The lowest BCUT2D eigenvalue weighted by molar-refractivity contribution is -0.136. The monoisotopic (exact) mass is 630 g/mol. The van der Waals surface area contributed by atoms with E-state index in [-0.39, 0.29) is 42.4 Å². The van der Waals surface area contributed by atoms with Crippen LogP contribution in [0.25, 0.3) is 11.0 Å². The first-order valence-corrected chi connectivity index (χ1v) is 16.4. The molecule has 1 aliphatic heterocycles. The van der Waals surface area contributed by atoms with Crippen LogP contribution in [0.3, 0.4) is 0 Å². The number of H-pyrrole nitrogens is 1. The number of aromatic amines is 1. The van der Waals surface area contributed by atoms with Crippen molar-refractivity contribution in [2.45, 2.75) is 84.0 Å². The summed E-state index contributed by atoms with van der Waals surface area (Å²) < 4.78 is 11.6. The van der Waals surface area contributed by atoms with Gasteiger partial charge in [-0.1, -0.05) is 19.8 Å². The zero-order valence-electron chi connectivity index (χ0n) is 26.4. The number of alkyl carbamates (subject to hydrolysis) is 1. The second-order valence-electron chi connectivity index (χ2n) is 13.0. The second kappa shape index (κ2) is 14.0. The number of ketones is 1. The Morgan fingerprint density at radius 1 is 1.13 bits per heavy atom. The zero-order chi connectivity index (χ0) is 32.2. The van der Waals surface area contributed by atoms with Gasteiger partial charge in [-0.15, -0.1) is 0 Å². The van der Waals surface area contributed by atoms with Crippen molar-refractivity contribution >= 4 is 28.8 Å². The topological polar surface area (TPSA) is 156 Å². The largest absolute Gasteiger partial charge is 0.487 e. The summed E-state index contributed by atoms with van der Waals surface area (Å²) in [6.07, 6.45) is 11.3. The number of nitrogens with zero attached hydrogens (tertiary/aromatic N) is 4. The molecule has 3 heterocycles. The maximum atomic E-state index is 12.8. The first-order chi connectivity index (χ1) is 22.3. The molecule has 46 heavy (non-hydrogen) atoms. The molecule has 2 aliphatic carbocycles. The first kappa shape index (κ1) is 31.6. The number of unbranched alkanes of at least 4 members (excludes halogenated alkanes) is 2. The van der Waals surface area contributed by atoms with Crippen molar-refractivity contribution in [2.75, 3.05) is 13.1 Å². The minimum atomic E-state index is -0.568. The lowest BCUT2D eigenvalue weighted by Crippen LogP contribution is -2.46. The summed E-state index contributed by atoms with van der Waals surface area (Å²) in [5, 5.41) is 2.62. The molecule has 12 heteroatoms. The Bertz CT molecular complexity index is 1630. The number of benzene rings is 1. The molecule has 2 amide bonds. The van der Waals surface area contributed by atoms with E-state index in [2.05, 4.69) is 25.3 Å². The summed E-state index contributed by atoms with van der Waals surface area (Å²) in [5.41, 5.74) is 2.37. The highest BCUT2D eigenvalue weighted by Gasteiger charge is 2.54.